The van der Waals surface area contributed by atoms with Gasteiger partial charge in [-0.25, -0.2) is 4.39 Å². The Morgan fingerprint density at radius 3 is 2.82 bits per heavy atom. The molecule has 0 saturated heterocycles. The molecule has 0 spiro atoms. The van der Waals surface area contributed by atoms with Crippen molar-refractivity contribution in [1.82, 2.24) is 19.7 Å². The van der Waals surface area contributed by atoms with E-state index in [-0.39, 0.29) is 12.4 Å². The Kier molecular flexibility index (Phi) is 5.18. The smallest absolute Gasteiger partial charge is 0.134 e. The number of hydrogen-bond acceptors (Lipinski definition) is 5. The van der Waals surface area contributed by atoms with E-state index in [1.165, 1.54) is 12.1 Å². The third-order valence-electron chi connectivity index (χ3n) is 4.24. The van der Waals surface area contributed by atoms with Crippen LogP contribution in [-0.4, -0.2) is 31.5 Å². The molecule has 1 aromatic carbocycles. The minimum Gasteiger partial charge on any atom is -0.396 e. The summed E-state index contributed by atoms with van der Waals surface area (Å²) in [5, 5.41) is 17.3. The summed E-state index contributed by atoms with van der Waals surface area (Å²) >= 11 is 6.00. The van der Waals surface area contributed by atoms with Gasteiger partial charge in [-0.1, -0.05) is 11.6 Å². The summed E-state index contributed by atoms with van der Waals surface area (Å²) < 4.78 is 15.9. The highest BCUT2D eigenvalue weighted by molar-refractivity contribution is 6.30. The van der Waals surface area contributed by atoms with E-state index in [2.05, 4.69) is 20.4 Å². The van der Waals surface area contributed by atoms with E-state index in [0.717, 1.165) is 16.9 Å². The van der Waals surface area contributed by atoms with Crippen molar-refractivity contribution in [3.05, 3.63) is 65.8 Å². The highest BCUT2D eigenvalue weighted by Crippen LogP contribution is 2.28. The van der Waals surface area contributed by atoms with Crippen molar-refractivity contribution in [3.63, 3.8) is 0 Å². The van der Waals surface area contributed by atoms with Crippen molar-refractivity contribution in [3.8, 4) is 11.3 Å². The summed E-state index contributed by atoms with van der Waals surface area (Å²) in [5.41, 5.74) is 3.79. The zero-order chi connectivity index (χ0) is 19.5. The number of anilines is 2. The van der Waals surface area contributed by atoms with Gasteiger partial charge in [0.2, 0.25) is 0 Å². The fraction of sp³-hybridized carbons (Fsp3) is 0.150. The highest BCUT2D eigenvalue weighted by atomic mass is 35.5. The van der Waals surface area contributed by atoms with Crippen molar-refractivity contribution in [2.75, 3.05) is 11.9 Å². The van der Waals surface area contributed by atoms with Crippen LogP contribution < -0.4 is 5.32 Å². The molecule has 3 aromatic heterocycles. The topological polar surface area (TPSA) is 75.9 Å². The highest BCUT2D eigenvalue weighted by Gasteiger charge is 2.11. The number of halogens is 2. The van der Waals surface area contributed by atoms with Gasteiger partial charge in [0, 0.05) is 41.8 Å². The largest absolute Gasteiger partial charge is 0.396 e. The molecule has 4 aromatic rings. The molecule has 0 aliphatic carbocycles. The fourth-order valence-electron chi connectivity index (χ4n) is 2.92. The zero-order valence-corrected chi connectivity index (χ0v) is 15.6. The maximum atomic E-state index is 14.2. The molecule has 0 unspecified atom stereocenters. The molecule has 0 radical (unpaired) electrons. The van der Waals surface area contributed by atoms with Crippen LogP contribution in [0.4, 0.5) is 15.8 Å². The predicted molar refractivity (Wildman–Crippen MR) is 107 cm³/mol. The maximum Gasteiger partial charge on any atom is 0.134 e. The molecule has 0 saturated carbocycles. The van der Waals surface area contributed by atoms with Gasteiger partial charge in [-0.05, 0) is 42.8 Å². The minimum atomic E-state index is -0.386. The van der Waals surface area contributed by atoms with Gasteiger partial charge in [-0.2, -0.15) is 5.10 Å². The van der Waals surface area contributed by atoms with E-state index >= 15 is 0 Å². The first-order valence-corrected chi connectivity index (χ1v) is 9.13. The molecule has 0 fully saturated rings. The Morgan fingerprint density at radius 2 is 1.96 bits per heavy atom. The van der Waals surface area contributed by atoms with Crippen LogP contribution in [0.3, 0.4) is 0 Å². The number of benzene rings is 1. The standard InChI is InChI=1S/C20H17ClFN5O/c21-13-2-3-16(22)15(10-13)18-11-14(4-6-23-18)25-17-5-7-24-19-12-27(8-1-9-28)26-20(17)19/h2-7,10-12,28H,1,8-9H2,(H,23,25). The molecule has 0 aliphatic heterocycles. The second-order valence-electron chi connectivity index (χ2n) is 6.24. The number of nitrogens with zero attached hydrogens (tertiary/aromatic N) is 4. The molecule has 0 atom stereocenters. The van der Waals surface area contributed by atoms with Crippen LogP contribution in [0, 0.1) is 5.82 Å². The molecular formula is C20H17ClFN5O. The monoisotopic (exact) mass is 397 g/mol. The molecule has 3 heterocycles. The number of rotatable bonds is 6. The van der Waals surface area contributed by atoms with E-state index in [0.29, 0.717) is 34.8 Å². The number of fused-ring (bicyclic) bond motifs is 1. The Balaban J connectivity index is 1.66. The summed E-state index contributed by atoms with van der Waals surface area (Å²) in [6.07, 6.45) is 5.77. The van der Waals surface area contributed by atoms with Crippen molar-refractivity contribution < 1.29 is 9.50 Å². The first-order valence-electron chi connectivity index (χ1n) is 8.75. The number of aryl methyl sites for hydroxylation is 1. The van der Waals surface area contributed by atoms with E-state index in [4.69, 9.17) is 16.7 Å². The minimum absolute atomic E-state index is 0.106. The lowest BCUT2D eigenvalue weighted by molar-refractivity contribution is 0.277. The lowest BCUT2D eigenvalue weighted by Gasteiger charge is -2.09. The van der Waals surface area contributed by atoms with Crippen LogP contribution in [0.5, 0.6) is 0 Å². The molecule has 0 aliphatic rings. The normalized spacial score (nSPS) is 11.1. The predicted octanol–water partition coefficient (Wildman–Crippen LogP) is 4.41. The summed E-state index contributed by atoms with van der Waals surface area (Å²) in [5.74, 6) is -0.386. The van der Waals surface area contributed by atoms with E-state index < -0.39 is 0 Å². The van der Waals surface area contributed by atoms with Gasteiger partial charge < -0.3 is 10.4 Å². The second kappa shape index (κ2) is 7.92. The van der Waals surface area contributed by atoms with Crippen LogP contribution in [0.1, 0.15) is 6.42 Å². The molecule has 8 heteroatoms. The molecule has 6 nitrogen and oxygen atoms in total. The lowest BCUT2D eigenvalue weighted by Crippen LogP contribution is -2.00. The van der Waals surface area contributed by atoms with Crippen molar-refractivity contribution in [2.24, 2.45) is 0 Å². The Bertz CT molecular complexity index is 1130. The molecule has 2 N–H and O–H groups in total. The SMILES string of the molecule is OCCCn1cc2nccc(Nc3ccnc(-c4cc(Cl)ccc4F)c3)c2n1. The quantitative estimate of drug-likeness (QED) is 0.504. The van der Waals surface area contributed by atoms with Gasteiger partial charge in [0.1, 0.15) is 16.9 Å². The van der Waals surface area contributed by atoms with Gasteiger partial charge in [-0.3, -0.25) is 14.6 Å². The molecular weight excluding hydrogens is 381 g/mol. The number of hydrogen-bond donors (Lipinski definition) is 2. The summed E-state index contributed by atoms with van der Waals surface area (Å²) in [6.45, 7) is 0.717. The third kappa shape index (κ3) is 3.81. The van der Waals surface area contributed by atoms with Crippen molar-refractivity contribution in [1.29, 1.82) is 0 Å². The molecule has 28 heavy (non-hydrogen) atoms. The van der Waals surface area contributed by atoms with Crippen LogP contribution in [0.15, 0.2) is 55.0 Å². The van der Waals surface area contributed by atoms with Gasteiger partial charge in [0.25, 0.3) is 0 Å². The summed E-state index contributed by atoms with van der Waals surface area (Å²) in [4.78, 5) is 8.60. The zero-order valence-electron chi connectivity index (χ0n) is 14.8. The Labute approximate surface area is 165 Å². The maximum absolute atomic E-state index is 14.2. The van der Waals surface area contributed by atoms with E-state index in [1.54, 1.807) is 35.3 Å². The van der Waals surface area contributed by atoms with Gasteiger partial charge >= 0.3 is 0 Å². The second-order valence-corrected chi connectivity index (χ2v) is 6.68. The molecule has 142 valence electrons. The lowest BCUT2D eigenvalue weighted by atomic mass is 10.1. The first kappa shape index (κ1) is 18.3. The average Bonchev–Trinajstić information content (AvgIpc) is 3.12. The molecule has 0 bridgehead atoms. The van der Waals surface area contributed by atoms with E-state index in [1.807, 2.05) is 12.3 Å². The van der Waals surface area contributed by atoms with Gasteiger partial charge in [0.05, 0.1) is 17.6 Å². The van der Waals surface area contributed by atoms with Gasteiger partial charge in [0.15, 0.2) is 0 Å². The van der Waals surface area contributed by atoms with Crippen LogP contribution in [0.25, 0.3) is 22.3 Å². The number of pyridine rings is 2. The van der Waals surface area contributed by atoms with Crippen molar-refractivity contribution >= 4 is 34.0 Å². The average molecular weight is 398 g/mol. The Hall–Kier alpha value is -3.03. The number of aliphatic hydroxyl groups is 1. The Morgan fingerprint density at radius 1 is 1.11 bits per heavy atom. The number of nitrogens with one attached hydrogen (secondary N) is 1. The van der Waals surface area contributed by atoms with E-state index in [9.17, 15) is 4.39 Å². The fourth-order valence-corrected chi connectivity index (χ4v) is 3.09. The molecule has 4 rings (SSSR count). The van der Waals surface area contributed by atoms with Gasteiger partial charge in [-0.15, -0.1) is 0 Å². The summed E-state index contributed by atoms with van der Waals surface area (Å²) in [7, 11) is 0. The summed E-state index contributed by atoms with van der Waals surface area (Å²) in [6, 6.07) is 9.75. The van der Waals surface area contributed by atoms with Crippen LogP contribution in [-0.2, 0) is 6.54 Å². The first-order chi connectivity index (χ1) is 13.6. The number of aromatic nitrogens is 4. The number of aliphatic hydroxyl groups excluding tert-OH is 1. The molecule has 0 amide bonds. The van der Waals surface area contributed by atoms with Crippen molar-refractivity contribution in [2.45, 2.75) is 13.0 Å². The van der Waals surface area contributed by atoms with Crippen LogP contribution >= 0.6 is 11.6 Å². The third-order valence-corrected chi connectivity index (χ3v) is 4.48. The van der Waals surface area contributed by atoms with Crippen LogP contribution in [0.2, 0.25) is 5.02 Å².